The predicted octanol–water partition coefficient (Wildman–Crippen LogP) is 4.95. The molecule has 0 amide bonds. The van der Waals surface area contributed by atoms with Crippen LogP contribution in [0.1, 0.15) is 73.6 Å². The number of methoxy groups -OCH3 is 1. The highest BCUT2D eigenvalue weighted by molar-refractivity contribution is 5.88. The highest BCUT2D eigenvalue weighted by atomic mass is 16.5. The summed E-state index contributed by atoms with van der Waals surface area (Å²) < 4.78 is 5.74. The molecule has 2 bridgehead atoms. The molecule has 0 aliphatic carbocycles. The molecule has 2 atom stereocenters. The van der Waals surface area contributed by atoms with Crippen LogP contribution in [-0.2, 0) is 20.9 Å². The number of hydrogen-bond acceptors (Lipinski definition) is 7. The van der Waals surface area contributed by atoms with Gasteiger partial charge < -0.3 is 30.5 Å². The van der Waals surface area contributed by atoms with Crippen LogP contribution < -0.4 is 10.1 Å². The van der Waals surface area contributed by atoms with E-state index in [0.717, 1.165) is 12.3 Å². The SMILES string of the molecule is COc1ccc(C(C)C)cc1CNC1C2CCN(CC2)C1C(c1ccccc1)c1ccccc1.O=C(O)CC(O)(CC(=O)O)C(=O)O. The smallest absolute Gasteiger partial charge is 0.336 e. The number of nitrogens with zero attached hydrogens (tertiary/aromatic N) is 1. The number of ether oxygens (including phenoxy) is 1. The number of benzene rings is 3. The van der Waals surface area contributed by atoms with Crippen LogP contribution in [0.15, 0.2) is 78.9 Å². The molecule has 0 aromatic heterocycles. The Balaban J connectivity index is 0.000000328. The Hall–Kier alpha value is -4.25. The van der Waals surface area contributed by atoms with Crippen LogP contribution >= 0.6 is 0 Å². The maximum absolute atomic E-state index is 10.3. The minimum Gasteiger partial charge on any atom is -0.496 e. The average molecular weight is 647 g/mol. The predicted molar refractivity (Wildman–Crippen MR) is 178 cm³/mol. The summed E-state index contributed by atoms with van der Waals surface area (Å²) in [4.78, 5) is 33.2. The van der Waals surface area contributed by atoms with Crippen LogP contribution in [0.5, 0.6) is 5.75 Å². The van der Waals surface area contributed by atoms with Gasteiger partial charge in [-0.3, -0.25) is 14.5 Å². The van der Waals surface area contributed by atoms with Gasteiger partial charge in [0.1, 0.15) is 5.75 Å². The lowest BCUT2D eigenvalue weighted by Gasteiger charge is -2.54. The van der Waals surface area contributed by atoms with Gasteiger partial charge in [-0.15, -0.1) is 0 Å². The quantitative estimate of drug-likeness (QED) is 0.172. The molecule has 0 saturated carbocycles. The fourth-order valence-electron chi connectivity index (χ4n) is 6.93. The van der Waals surface area contributed by atoms with Crippen molar-refractivity contribution in [3.63, 3.8) is 0 Å². The zero-order chi connectivity index (χ0) is 34.1. The molecule has 3 aliphatic heterocycles. The highest BCUT2D eigenvalue weighted by Gasteiger charge is 2.46. The number of carbonyl (C=O) groups is 3. The molecular formula is C37H46N2O8. The van der Waals surface area contributed by atoms with Crippen LogP contribution in [0.25, 0.3) is 0 Å². The Morgan fingerprint density at radius 2 is 1.38 bits per heavy atom. The van der Waals surface area contributed by atoms with Gasteiger partial charge in [0.2, 0.25) is 0 Å². The van der Waals surface area contributed by atoms with E-state index in [1.165, 1.54) is 48.2 Å². The summed E-state index contributed by atoms with van der Waals surface area (Å²) >= 11 is 0. The maximum atomic E-state index is 10.3. The van der Waals surface area contributed by atoms with Gasteiger partial charge in [-0.25, -0.2) is 4.79 Å². The maximum Gasteiger partial charge on any atom is 0.336 e. The number of hydrogen-bond donors (Lipinski definition) is 5. The summed E-state index contributed by atoms with van der Waals surface area (Å²) in [6.07, 6.45) is 0.282. The second-order valence-electron chi connectivity index (χ2n) is 12.8. The minimum absolute atomic E-state index is 0.354. The van der Waals surface area contributed by atoms with Crippen molar-refractivity contribution < 1.29 is 39.5 Å². The van der Waals surface area contributed by atoms with Crippen molar-refractivity contribution in [2.45, 2.75) is 75.6 Å². The van der Waals surface area contributed by atoms with Crippen molar-refractivity contribution in [3.05, 3.63) is 101 Å². The lowest BCUT2D eigenvalue weighted by Crippen LogP contribution is -2.64. The molecule has 0 radical (unpaired) electrons. The number of nitrogens with one attached hydrogen (secondary N) is 1. The molecule has 3 aromatic carbocycles. The van der Waals surface area contributed by atoms with Crippen molar-refractivity contribution in [1.29, 1.82) is 0 Å². The average Bonchev–Trinajstić information content (AvgIpc) is 3.05. The Morgan fingerprint density at radius 1 is 0.851 bits per heavy atom. The molecule has 3 heterocycles. The number of carboxylic acid groups (broad SMARTS) is 3. The number of piperidine rings is 3. The van der Waals surface area contributed by atoms with Crippen LogP contribution in [0.4, 0.5) is 0 Å². The summed E-state index contributed by atoms with van der Waals surface area (Å²) in [7, 11) is 1.78. The zero-order valence-electron chi connectivity index (χ0n) is 27.2. The number of carboxylic acids is 3. The molecule has 252 valence electrons. The molecule has 6 rings (SSSR count). The molecule has 3 saturated heterocycles. The van der Waals surface area contributed by atoms with E-state index < -0.39 is 36.4 Å². The zero-order valence-corrected chi connectivity index (χ0v) is 27.2. The molecule has 0 spiro atoms. The van der Waals surface area contributed by atoms with Crippen LogP contribution in [0, 0.1) is 5.92 Å². The normalized spacial score (nSPS) is 20.4. The van der Waals surface area contributed by atoms with Gasteiger partial charge in [-0.2, -0.15) is 0 Å². The van der Waals surface area contributed by atoms with E-state index in [-0.39, 0.29) is 0 Å². The van der Waals surface area contributed by atoms with Gasteiger partial charge in [-0.05, 0) is 60.5 Å². The van der Waals surface area contributed by atoms with Gasteiger partial charge in [0.25, 0.3) is 0 Å². The van der Waals surface area contributed by atoms with Crippen molar-refractivity contribution in [1.82, 2.24) is 10.2 Å². The molecule has 3 fully saturated rings. The van der Waals surface area contributed by atoms with Crippen LogP contribution in [-0.4, -0.2) is 81.1 Å². The van der Waals surface area contributed by atoms with Gasteiger partial charge in [0.05, 0.1) is 20.0 Å². The molecular weight excluding hydrogens is 600 g/mol. The van der Waals surface area contributed by atoms with Crippen molar-refractivity contribution >= 4 is 17.9 Å². The van der Waals surface area contributed by atoms with Crippen molar-refractivity contribution in [3.8, 4) is 5.75 Å². The third kappa shape index (κ3) is 8.97. The summed E-state index contributed by atoms with van der Waals surface area (Å²) in [6, 6.07) is 29.8. The standard InChI is InChI=1S/C31H38N2O.C6H8O7/c1-22(2)26-14-15-28(34-3)27(20-26)21-32-30-25-16-18-33(19-17-25)31(30)29(23-10-6-4-7-11-23)24-12-8-5-9-13-24;7-3(8)1-6(13,5(11)12)2-4(9)10/h4-15,20,22,25,29-32H,16-19,21H2,1-3H3;13H,1-2H2,(H,7,8)(H,9,10)(H,11,12). The second-order valence-corrected chi connectivity index (χ2v) is 12.8. The summed E-state index contributed by atoms with van der Waals surface area (Å²) in [5.41, 5.74) is 2.72. The first-order chi connectivity index (χ1) is 22.4. The fraction of sp³-hybridized carbons (Fsp3) is 0.432. The molecule has 10 nitrogen and oxygen atoms in total. The minimum atomic E-state index is -2.74. The Kier molecular flexibility index (Phi) is 12.1. The fourth-order valence-corrected chi connectivity index (χ4v) is 6.93. The number of rotatable bonds is 13. The van der Waals surface area contributed by atoms with Crippen molar-refractivity contribution in [2.75, 3.05) is 20.2 Å². The molecule has 47 heavy (non-hydrogen) atoms. The first kappa shape index (κ1) is 35.6. The van der Waals surface area contributed by atoms with Gasteiger partial charge >= 0.3 is 17.9 Å². The van der Waals surface area contributed by atoms with Gasteiger partial charge in [0, 0.05) is 30.1 Å². The first-order valence-corrected chi connectivity index (χ1v) is 16.1. The monoisotopic (exact) mass is 646 g/mol. The van der Waals surface area contributed by atoms with Gasteiger partial charge in [0.15, 0.2) is 5.60 Å². The number of aliphatic hydroxyl groups is 1. The summed E-state index contributed by atoms with van der Waals surface area (Å²) in [5.74, 6) is -2.46. The van der Waals surface area contributed by atoms with E-state index in [0.29, 0.717) is 29.8 Å². The molecule has 3 aromatic rings. The molecule has 3 aliphatic rings. The summed E-state index contributed by atoms with van der Waals surface area (Å²) in [5, 5.41) is 37.9. The third-order valence-electron chi connectivity index (χ3n) is 9.32. The van der Waals surface area contributed by atoms with E-state index in [2.05, 4.69) is 103 Å². The van der Waals surface area contributed by atoms with Crippen LogP contribution in [0.3, 0.4) is 0 Å². The lowest BCUT2D eigenvalue weighted by atomic mass is 9.70. The summed E-state index contributed by atoms with van der Waals surface area (Å²) in [6.45, 7) is 7.76. The topological polar surface area (TPSA) is 157 Å². The van der Waals surface area contributed by atoms with Crippen molar-refractivity contribution in [2.24, 2.45) is 5.92 Å². The molecule has 5 N–H and O–H groups in total. The largest absolute Gasteiger partial charge is 0.496 e. The van der Waals surface area contributed by atoms with E-state index in [9.17, 15) is 14.4 Å². The number of aliphatic carboxylic acids is 3. The highest BCUT2D eigenvalue weighted by Crippen LogP contribution is 2.42. The third-order valence-corrected chi connectivity index (χ3v) is 9.32. The van der Waals surface area contributed by atoms with E-state index >= 15 is 0 Å². The Morgan fingerprint density at radius 3 is 1.83 bits per heavy atom. The molecule has 10 heteroatoms. The van der Waals surface area contributed by atoms with E-state index in [1.807, 2.05) is 0 Å². The van der Waals surface area contributed by atoms with Gasteiger partial charge in [-0.1, -0.05) is 86.6 Å². The van der Waals surface area contributed by atoms with E-state index in [1.54, 1.807) is 7.11 Å². The van der Waals surface area contributed by atoms with Crippen LogP contribution in [0.2, 0.25) is 0 Å². The Bertz CT molecular complexity index is 1430. The number of fused-ring (bicyclic) bond motifs is 3. The Labute approximate surface area is 276 Å². The lowest BCUT2D eigenvalue weighted by molar-refractivity contribution is -0.170. The second kappa shape index (κ2) is 16.0. The molecule has 2 unspecified atom stereocenters. The van der Waals surface area contributed by atoms with E-state index in [4.69, 9.17) is 25.2 Å². The first-order valence-electron chi connectivity index (χ1n) is 16.1.